The van der Waals surface area contributed by atoms with Crippen LogP contribution in [0.4, 0.5) is 5.69 Å². The lowest BCUT2D eigenvalue weighted by Gasteiger charge is -2.22. The normalized spacial score (nSPS) is 15.3. The van der Waals surface area contributed by atoms with Crippen molar-refractivity contribution >= 4 is 29.1 Å². The predicted molar refractivity (Wildman–Crippen MR) is 138 cm³/mol. The molecule has 1 atom stereocenters. The van der Waals surface area contributed by atoms with Gasteiger partial charge in [-0.3, -0.25) is 19.5 Å². The van der Waals surface area contributed by atoms with Gasteiger partial charge in [0.15, 0.2) is 4.80 Å². The first-order chi connectivity index (χ1) is 17.9. The Labute approximate surface area is 214 Å². The number of non-ortho nitro benzene ring substituents is 1. The topological polar surface area (TPSA) is 117 Å². The molecule has 186 valence electrons. The molecule has 0 saturated heterocycles. The van der Waals surface area contributed by atoms with Gasteiger partial charge >= 0.3 is 5.97 Å². The number of nitro benzene ring substituents is 1. The molecule has 0 fully saturated rings. The van der Waals surface area contributed by atoms with Crippen molar-refractivity contribution in [3.05, 3.63) is 119 Å². The number of nitrogens with zero attached hydrogens (tertiary/aromatic N) is 3. The molecule has 1 aliphatic rings. The van der Waals surface area contributed by atoms with Gasteiger partial charge in [-0.25, -0.2) is 9.79 Å². The number of fused-ring (bicyclic) bond motifs is 1. The number of esters is 1. The number of hydrogen-bond donors (Lipinski definition) is 0. The molecule has 0 unspecified atom stereocenters. The van der Waals surface area contributed by atoms with Crippen LogP contribution in [0.25, 0.3) is 17.4 Å². The van der Waals surface area contributed by atoms with Crippen molar-refractivity contribution in [1.29, 1.82) is 0 Å². The Morgan fingerprint density at radius 3 is 2.70 bits per heavy atom. The highest BCUT2D eigenvalue weighted by molar-refractivity contribution is 7.07. The zero-order valence-corrected chi connectivity index (χ0v) is 20.7. The Kier molecular flexibility index (Phi) is 6.41. The first kappa shape index (κ1) is 24.1. The van der Waals surface area contributed by atoms with E-state index >= 15 is 0 Å². The standard InChI is InChI=1S/C27H21N3O6S/c1-3-35-26(32)23-16(2)28-27-29(25(31)22(37-27)14-17-8-5-4-6-9-17)24(23)21-13-12-20(36-21)18-10-7-11-19(15-18)30(33)34/h4-15,24H,3H2,1-2H3/b22-14-/t24-/m0/s1. The van der Waals surface area contributed by atoms with Gasteiger partial charge in [0.2, 0.25) is 0 Å². The number of benzene rings is 2. The third kappa shape index (κ3) is 4.54. The minimum Gasteiger partial charge on any atom is -0.463 e. The van der Waals surface area contributed by atoms with Gasteiger partial charge in [-0.2, -0.15) is 0 Å². The summed E-state index contributed by atoms with van der Waals surface area (Å²) in [6.45, 7) is 3.54. The van der Waals surface area contributed by atoms with E-state index < -0.39 is 16.9 Å². The highest BCUT2D eigenvalue weighted by Gasteiger charge is 2.35. The molecule has 3 heterocycles. The second kappa shape index (κ2) is 9.82. The fraction of sp³-hybridized carbons (Fsp3) is 0.148. The van der Waals surface area contributed by atoms with Gasteiger partial charge in [0.1, 0.15) is 17.6 Å². The van der Waals surface area contributed by atoms with Crippen molar-refractivity contribution in [2.75, 3.05) is 6.61 Å². The molecule has 0 N–H and O–H groups in total. The zero-order valence-electron chi connectivity index (χ0n) is 19.9. The van der Waals surface area contributed by atoms with E-state index in [4.69, 9.17) is 9.15 Å². The van der Waals surface area contributed by atoms with Gasteiger partial charge in [-0.05, 0) is 37.6 Å². The molecule has 0 saturated carbocycles. The molecule has 0 spiro atoms. The summed E-state index contributed by atoms with van der Waals surface area (Å²) >= 11 is 1.22. The molecule has 1 aliphatic heterocycles. The third-order valence-corrected chi connectivity index (χ3v) is 6.84. The zero-order chi connectivity index (χ0) is 26.1. The predicted octanol–water partition coefficient (Wildman–Crippen LogP) is 3.97. The molecule has 37 heavy (non-hydrogen) atoms. The summed E-state index contributed by atoms with van der Waals surface area (Å²) in [7, 11) is 0. The summed E-state index contributed by atoms with van der Waals surface area (Å²) in [4.78, 5) is 42.4. The molecule has 0 aliphatic carbocycles. The molecule has 0 amide bonds. The van der Waals surface area contributed by atoms with Crippen molar-refractivity contribution in [2.24, 2.45) is 4.99 Å². The van der Waals surface area contributed by atoms with Crippen LogP contribution in [0.2, 0.25) is 0 Å². The first-order valence-corrected chi connectivity index (χ1v) is 12.3. The van der Waals surface area contributed by atoms with E-state index in [1.165, 1.54) is 28.0 Å². The van der Waals surface area contributed by atoms with Crippen molar-refractivity contribution in [3.8, 4) is 11.3 Å². The van der Waals surface area contributed by atoms with E-state index in [0.29, 0.717) is 32.1 Å². The van der Waals surface area contributed by atoms with Crippen LogP contribution in [-0.4, -0.2) is 22.1 Å². The lowest BCUT2D eigenvalue weighted by Crippen LogP contribution is -2.39. The molecule has 0 radical (unpaired) electrons. The number of allylic oxidation sites excluding steroid dienone is 1. The first-order valence-electron chi connectivity index (χ1n) is 11.5. The average molecular weight is 516 g/mol. The van der Waals surface area contributed by atoms with Crippen molar-refractivity contribution in [1.82, 2.24) is 4.57 Å². The van der Waals surface area contributed by atoms with E-state index in [-0.39, 0.29) is 23.4 Å². The largest absolute Gasteiger partial charge is 0.463 e. The SMILES string of the molecule is CCOC(=O)C1=C(C)N=c2s/c(=C\c3ccccc3)c(=O)n2[C@H]1c1ccc(-c2cccc([N+](=O)[O-])c2)o1. The molecule has 4 aromatic rings. The number of thiazole rings is 1. The van der Waals surface area contributed by atoms with Crippen LogP contribution in [0.5, 0.6) is 0 Å². The van der Waals surface area contributed by atoms with Gasteiger partial charge in [-0.1, -0.05) is 53.8 Å². The minimum atomic E-state index is -0.916. The fourth-order valence-corrected chi connectivity index (χ4v) is 5.24. The molecule has 2 aromatic carbocycles. The number of furan rings is 1. The summed E-state index contributed by atoms with van der Waals surface area (Å²) in [6.07, 6.45) is 1.78. The van der Waals surface area contributed by atoms with Crippen molar-refractivity contribution < 1.29 is 18.9 Å². The fourth-order valence-electron chi connectivity index (χ4n) is 4.19. The maximum Gasteiger partial charge on any atom is 0.338 e. The number of hydrogen-bond acceptors (Lipinski definition) is 8. The summed E-state index contributed by atoms with van der Waals surface area (Å²) in [5.74, 6) is 0.0774. The van der Waals surface area contributed by atoms with Crippen molar-refractivity contribution in [2.45, 2.75) is 19.9 Å². The second-order valence-corrected chi connectivity index (χ2v) is 9.23. The Bertz CT molecular complexity index is 1730. The average Bonchev–Trinajstić information content (AvgIpc) is 3.49. The van der Waals surface area contributed by atoms with Gasteiger partial charge in [0.05, 0.1) is 27.3 Å². The maximum absolute atomic E-state index is 13.6. The van der Waals surface area contributed by atoms with Crippen LogP contribution in [0, 0.1) is 10.1 Å². The number of carbonyl (C=O) groups is 1. The summed E-state index contributed by atoms with van der Waals surface area (Å²) < 4.78 is 13.3. The van der Waals surface area contributed by atoms with Gasteiger partial charge < -0.3 is 9.15 Å². The number of aromatic nitrogens is 1. The summed E-state index contributed by atoms with van der Waals surface area (Å²) in [5.41, 5.74) is 1.57. The van der Waals surface area contributed by atoms with Crippen molar-refractivity contribution in [3.63, 3.8) is 0 Å². The van der Waals surface area contributed by atoms with Crippen LogP contribution >= 0.6 is 11.3 Å². The molecule has 2 aromatic heterocycles. The summed E-state index contributed by atoms with van der Waals surface area (Å²) in [5, 5.41) is 11.2. The van der Waals surface area contributed by atoms with Crippen LogP contribution in [0.1, 0.15) is 31.2 Å². The highest BCUT2D eigenvalue weighted by Crippen LogP contribution is 2.34. The monoisotopic (exact) mass is 515 g/mol. The van der Waals surface area contributed by atoms with Crippen LogP contribution in [-0.2, 0) is 9.53 Å². The Balaban J connectivity index is 1.68. The Morgan fingerprint density at radius 1 is 1.19 bits per heavy atom. The quantitative estimate of drug-likeness (QED) is 0.218. The van der Waals surface area contributed by atoms with Crippen LogP contribution in [0.3, 0.4) is 0 Å². The van der Waals surface area contributed by atoms with E-state index in [1.807, 2.05) is 30.3 Å². The molecule has 5 rings (SSSR count). The number of carbonyl (C=O) groups excluding carboxylic acids is 1. The number of rotatable bonds is 6. The van der Waals surface area contributed by atoms with Crippen LogP contribution < -0.4 is 14.9 Å². The molecule has 10 heteroatoms. The Morgan fingerprint density at radius 2 is 1.97 bits per heavy atom. The number of nitro groups is 1. The number of ether oxygens (including phenoxy) is 1. The molecule has 0 bridgehead atoms. The maximum atomic E-state index is 13.6. The lowest BCUT2D eigenvalue weighted by molar-refractivity contribution is -0.384. The Hall–Kier alpha value is -4.57. The van der Waals surface area contributed by atoms with E-state index in [9.17, 15) is 19.7 Å². The molecular formula is C27H21N3O6S. The third-order valence-electron chi connectivity index (χ3n) is 5.85. The van der Waals surface area contributed by atoms with E-state index in [0.717, 1.165) is 5.56 Å². The van der Waals surface area contributed by atoms with Gasteiger partial charge in [-0.15, -0.1) is 0 Å². The smallest absolute Gasteiger partial charge is 0.338 e. The molecule has 9 nitrogen and oxygen atoms in total. The van der Waals surface area contributed by atoms with E-state index in [1.54, 1.807) is 44.2 Å². The summed E-state index contributed by atoms with van der Waals surface area (Å²) in [6, 6.07) is 17.9. The minimum absolute atomic E-state index is 0.0766. The molecular weight excluding hydrogens is 494 g/mol. The van der Waals surface area contributed by atoms with Gasteiger partial charge in [0, 0.05) is 17.7 Å². The van der Waals surface area contributed by atoms with E-state index in [2.05, 4.69) is 4.99 Å². The lowest BCUT2D eigenvalue weighted by atomic mass is 10.0. The van der Waals surface area contributed by atoms with Crippen LogP contribution in [0.15, 0.2) is 92.2 Å². The second-order valence-electron chi connectivity index (χ2n) is 8.22. The highest BCUT2D eigenvalue weighted by atomic mass is 32.1. The van der Waals surface area contributed by atoms with Gasteiger partial charge in [0.25, 0.3) is 11.2 Å².